The van der Waals surface area contributed by atoms with Crippen molar-refractivity contribution in [2.75, 3.05) is 0 Å². The molecular formula is C13H18BrNO2. The third-order valence-electron chi connectivity index (χ3n) is 2.85. The summed E-state index contributed by atoms with van der Waals surface area (Å²) in [5, 5.41) is 12.4. The summed E-state index contributed by atoms with van der Waals surface area (Å²) in [5.41, 5.74) is 0.209. The van der Waals surface area contributed by atoms with E-state index in [4.69, 9.17) is 0 Å². The average Bonchev–Trinajstić information content (AvgIpc) is 2.28. The molecule has 3 nitrogen and oxygen atoms in total. The minimum atomic E-state index is -0.857. The molecule has 1 rings (SSSR count). The molecule has 0 bridgehead atoms. The van der Waals surface area contributed by atoms with E-state index in [2.05, 4.69) is 21.2 Å². The summed E-state index contributed by atoms with van der Waals surface area (Å²) in [6.45, 7) is 4.27. The van der Waals surface area contributed by atoms with Crippen molar-refractivity contribution >= 4 is 21.9 Å². The maximum absolute atomic E-state index is 11.2. The molecule has 1 aromatic rings. The number of halogens is 1. The van der Waals surface area contributed by atoms with Gasteiger partial charge in [-0.15, -0.1) is 0 Å². The molecule has 0 amide bonds. The SMILES string of the molecule is CCCC(C)(NCc1ccccc1Br)C(=O)O. The Kier molecular flexibility index (Phi) is 5.15. The highest BCUT2D eigenvalue weighted by molar-refractivity contribution is 9.10. The van der Waals surface area contributed by atoms with E-state index in [1.54, 1.807) is 6.92 Å². The van der Waals surface area contributed by atoms with Crippen molar-refractivity contribution in [2.24, 2.45) is 0 Å². The van der Waals surface area contributed by atoms with Crippen LogP contribution >= 0.6 is 15.9 Å². The summed E-state index contributed by atoms with van der Waals surface area (Å²) >= 11 is 3.45. The summed E-state index contributed by atoms with van der Waals surface area (Å²) in [6.07, 6.45) is 1.46. The number of carboxylic acid groups (broad SMARTS) is 1. The fourth-order valence-corrected chi connectivity index (χ4v) is 2.13. The summed E-state index contributed by atoms with van der Waals surface area (Å²) < 4.78 is 0.997. The van der Waals surface area contributed by atoms with Crippen molar-refractivity contribution in [3.63, 3.8) is 0 Å². The van der Waals surface area contributed by atoms with Crippen LogP contribution in [-0.4, -0.2) is 16.6 Å². The van der Waals surface area contributed by atoms with Gasteiger partial charge in [-0.2, -0.15) is 0 Å². The maximum Gasteiger partial charge on any atom is 0.323 e. The summed E-state index contributed by atoms with van der Waals surface area (Å²) in [5.74, 6) is -0.800. The number of rotatable bonds is 6. The first kappa shape index (κ1) is 14.2. The molecule has 17 heavy (non-hydrogen) atoms. The lowest BCUT2D eigenvalue weighted by atomic mass is 9.96. The number of carbonyl (C=O) groups is 1. The normalized spacial score (nSPS) is 14.3. The van der Waals surface area contributed by atoms with E-state index >= 15 is 0 Å². The fraction of sp³-hybridized carbons (Fsp3) is 0.462. The van der Waals surface area contributed by atoms with Gasteiger partial charge in [-0.05, 0) is 25.0 Å². The molecule has 0 radical (unpaired) electrons. The third kappa shape index (κ3) is 3.82. The molecular weight excluding hydrogens is 282 g/mol. The molecule has 0 aliphatic heterocycles. The molecule has 0 aromatic heterocycles. The van der Waals surface area contributed by atoms with Crippen molar-refractivity contribution in [2.45, 2.75) is 38.8 Å². The first-order valence-corrected chi connectivity index (χ1v) is 6.50. The average molecular weight is 300 g/mol. The van der Waals surface area contributed by atoms with E-state index in [-0.39, 0.29) is 0 Å². The maximum atomic E-state index is 11.2. The van der Waals surface area contributed by atoms with Crippen LogP contribution in [0.3, 0.4) is 0 Å². The Morgan fingerprint density at radius 1 is 1.47 bits per heavy atom. The van der Waals surface area contributed by atoms with Gasteiger partial charge in [-0.1, -0.05) is 47.5 Å². The Balaban J connectivity index is 2.71. The van der Waals surface area contributed by atoms with Gasteiger partial charge < -0.3 is 5.11 Å². The number of carboxylic acids is 1. The van der Waals surface area contributed by atoms with Crippen LogP contribution in [0.25, 0.3) is 0 Å². The standard InChI is InChI=1S/C13H18BrNO2/c1-3-8-13(2,12(16)17)15-9-10-6-4-5-7-11(10)14/h4-7,15H,3,8-9H2,1-2H3,(H,16,17). The highest BCUT2D eigenvalue weighted by Gasteiger charge is 2.31. The largest absolute Gasteiger partial charge is 0.480 e. The zero-order valence-electron chi connectivity index (χ0n) is 10.2. The molecule has 1 atom stereocenters. The Labute approximate surface area is 110 Å². The fourth-order valence-electron chi connectivity index (χ4n) is 1.70. The number of aliphatic carboxylic acids is 1. The molecule has 0 saturated carbocycles. The van der Waals surface area contributed by atoms with Crippen LogP contribution in [0, 0.1) is 0 Å². The van der Waals surface area contributed by atoms with E-state index < -0.39 is 11.5 Å². The van der Waals surface area contributed by atoms with Crippen molar-refractivity contribution in [1.29, 1.82) is 0 Å². The quantitative estimate of drug-likeness (QED) is 0.848. The zero-order chi connectivity index (χ0) is 12.9. The van der Waals surface area contributed by atoms with Crippen LogP contribution in [-0.2, 0) is 11.3 Å². The van der Waals surface area contributed by atoms with Crippen LogP contribution in [0.4, 0.5) is 0 Å². The molecule has 0 saturated heterocycles. The minimum Gasteiger partial charge on any atom is -0.480 e. The van der Waals surface area contributed by atoms with Crippen LogP contribution in [0.2, 0.25) is 0 Å². The molecule has 1 aromatic carbocycles. The first-order chi connectivity index (χ1) is 7.99. The van der Waals surface area contributed by atoms with Gasteiger partial charge in [0.05, 0.1) is 0 Å². The summed E-state index contributed by atoms with van der Waals surface area (Å²) in [6, 6.07) is 7.82. The van der Waals surface area contributed by atoms with Crippen LogP contribution in [0.1, 0.15) is 32.3 Å². The minimum absolute atomic E-state index is 0.546. The summed E-state index contributed by atoms with van der Waals surface area (Å²) in [4.78, 5) is 11.2. The van der Waals surface area contributed by atoms with Crippen LogP contribution < -0.4 is 5.32 Å². The second-order valence-electron chi connectivity index (χ2n) is 4.33. The van der Waals surface area contributed by atoms with E-state index in [9.17, 15) is 9.90 Å². The molecule has 0 heterocycles. The van der Waals surface area contributed by atoms with Gasteiger partial charge in [0.15, 0.2) is 0 Å². The predicted octanol–water partition coefficient (Wildman–Crippen LogP) is 3.18. The van der Waals surface area contributed by atoms with Gasteiger partial charge in [0.2, 0.25) is 0 Å². The molecule has 4 heteroatoms. The van der Waals surface area contributed by atoms with E-state index in [0.29, 0.717) is 13.0 Å². The van der Waals surface area contributed by atoms with Crippen LogP contribution in [0.5, 0.6) is 0 Å². The van der Waals surface area contributed by atoms with E-state index in [0.717, 1.165) is 16.5 Å². The van der Waals surface area contributed by atoms with Crippen molar-refractivity contribution < 1.29 is 9.90 Å². The first-order valence-electron chi connectivity index (χ1n) is 5.71. The van der Waals surface area contributed by atoms with E-state index in [1.807, 2.05) is 31.2 Å². The van der Waals surface area contributed by atoms with Gasteiger partial charge in [0, 0.05) is 11.0 Å². The second-order valence-corrected chi connectivity index (χ2v) is 5.19. The van der Waals surface area contributed by atoms with Gasteiger partial charge in [-0.25, -0.2) is 0 Å². The van der Waals surface area contributed by atoms with Gasteiger partial charge in [-0.3, -0.25) is 10.1 Å². The lowest BCUT2D eigenvalue weighted by molar-refractivity contribution is -0.144. The molecule has 2 N–H and O–H groups in total. The summed E-state index contributed by atoms with van der Waals surface area (Å²) in [7, 11) is 0. The topological polar surface area (TPSA) is 49.3 Å². The highest BCUT2D eigenvalue weighted by Crippen LogP contribution is 2.18. The Morgan fingerprint density at radius 2 is 2.12 bits per heavy atom. The van der Waals surface area contributed by atoms with Crippen molar-refractivity contribution in [3.05, 3.63) is 34.3 Å². The number of benzene rings is 1. The predicted molar refractivity (Wildman–Crippen MR) is 71.9 cm³/mol. The molecule has 0 aliphatic rings. The Hall–Kier alpha value is -0.870. The van der Waals surface area contributed by atoms with E-state index in [1.165, 1.54) is 0 Å². The monoisotopic (exact) mass is 299 g/mol. The zero-order valence-corrected chi connectivity index (χ0v) is 11.8. The van der Waals surface area contributed by atoms with Gasteiger partial charge in [0.25, 0.3) is 0 Å². The smallest absolute Gasteiger partial charge is 0.323 e. The third-order valence-corrected chi connectivity index (χ3v) is 3.62. The molecule has 1 unspecified atom stereocenters. The van der Waals surface area contributed by atoms with Crippen LogP contribution in [0.15, 0.2) is 28.7 Å². The molecule has 0 fully saturated rings. The highest BCUT2D eigenvalue weighted by atomic mass is 79.9. The number of hydrogen-bond donors (Lipinski definition) is 2. The lowest BCUT2D eigenvalue weighted by Gasteiger charge is -2.26. The van der Waals surface area contributed by atoms with Gasteiger partial charge in [0.1, 0.15) is 5.54 Å². The van der Waals surface area contributed by atoms with Crippen molar-refractivity contribution in [3.8, 4) is 0 Å². The number of nitrogens with one attached hydrogen (secondary N) is 1. The van der Waals surface area contributed by atoms with Crippen molar-refractivity contribution in [1.82, 2.24) is 5.32 Å². The second kappa shape index (κ2) is 6.17. The van der Waals surface area contributed by atoms with Gasteiger partial charge >= 0.3 is 5.97 Å². The Bertz CT molecular complexity index is 395. The molecule has 0 aliphatic carbocycles. The Morgan fingerprint density at radius 3 is 2.65 bits per heavy atom. The lowest BCUT2D eigenvalue weighted by Crippen LogP contribution is -2.48. The number of hydrogen-bond acceptors (Lipinski definition) is 2. The molecule has 0 spiro atoms. The molecule has 94 valence electrons.